The molecule has 0 unspecified atom stereocenters. The lowest BCUT2D eigenvalue weighted by Gasteiger charge is -2.09. The number of rotatable bonds is 9. The Balaban J connectivity index is 1.69. The maximum Gasteiger partial charge on any atom is 0.453 e. The molecule has 1 aromatic heterocycles. The highest BCUT2D eigenvalue weighted by atomic mass is 32.2. The number of benzene rings is 1. The molecule has 1 aromatic carbocycles. The first-order valence-electron chi connectivity index (χ1n) is 7.84. The first kappa shape index (κ1) is 20.7. The maximum atomic E-state index is 12.6. The van der Waals surface area contributed by atoms with Crippen LogP contribution in [0.2, 0.25) is 0 Å². The summed E-state index contributed by atoms with van der Waals surface area (Å²) in [5.74, 6) is 4.76. The molecule has 0 fully saturated rings. The van der Waals surface area contributed by atoms with Crippen molar-refractivity contribution >= 4 is 17.7 Å². The number of thioether (sulfide) groups is 1. The first-order valence-corrected chi connectivity index (χ1v) is 8.82. The van der Waals surface area contributed by atoms with E-state index in [4.69, 9.17) is 15.3 Å². The molecule has 148 valence electrons. The molecule has 1 amide bonds. The van der Waals surface area contributed by atoms with E-state index in [2.05, 4.69) is 15.5 Å². The number of amides is 1. The smallest absolute Gasteiger partial charge is 0.453 e. The molecular weight excluding hydrogens is 387 g/mol. The van der Waals surface area contributed by atoms with E-state index in [1.807, 2.05) is 6.92 Å². The number of hydrogen-bond acceptors (Lipinski definition) is 7. The second-order valence-corrected chi connectivity index (χ2v) is 6.01. The van der Waals surface area contributed by atoms with Crippen LogP contribution in [0.15, 0.2) is 29.4 Å². The standard InChI is InChI=1S/C15H18F3N5O3S/c1-2-25-10-3-5-11(6-4-10)26-8-7-20-12(24)9-27-14-22-21-13(23(14)19)15(16,17)18/h3-6H,2,7-9,19H2,1H3,(H,20,24). The number of carbonyl (C=O) groups is 1. The van der Waals surface area contributed by atoms with Crippen LogP contribution in [0.1, 0.15) is 12.7 Å². The topological polar surface area (TPSA) is 104 Å². The van der Waals surface area contributed by atoms with Crippen molar-refractivity contribution in [2.45, 2.75) is 18.3 Å². The van der Waals surface area contributed by atoms with Crippen LogP contribution < -0.4 is 20.6 Å². The van der Waals surface area contributed by atoms with Crippen molar-refractivity contribution < 1.29 is 27.4 Å². The second-order valence-electron chi connectivity index (χ2n) is 5.07. The van der Waals surface area contributed by atoms with Crippen LogP contribution in [0.3, 0.4) is 0 Å². The van der Waals surface area contributed by atoms with E-state index in [-0.39, 0.29) is 24.1 Å². The number of nitrogen functional groups attached to an aromatic ring is 1. The van der Waals surface area contributed by atoms with Crippen molar-refractivity contribution in [1.29, 1.82) is 0 Å². The number of nitrogens with two attached hydrogens (primary N) is 1. The molecular formula is C15H18F3N5O3S. The molecule has 0 aliphatic carbocycles. The summed E-state index contributed by atoms with van der Waals surface area (Å²) in [6.07, 6.45) is -4.71. The van der Waals surface area contributed by atoms with Crippen LogP contribution in [0.5, 0.6) is 11.5 Å². The molecule has 0 saturated heterocycles. The van der Waals surface area contributed by atoms with Crippen LogP contribution >= 0.6 is 11.8 Å². The zero-order valence-corrected chi connectivity index (χ0v) is 15.1. The van der Waals surface area contributed by atoms with Crippen LogP contribution in [0, 0.1) is 0 Å². The number of nitrogens with zero attached hydrogens (tertiary/aromatic N) is 3. The van der Waals surface area contributed by atoms with Crippen LogP contribution in [0.4, 0.5) is 13.2 Å². The fourth-order valence-corrected chi connectivity index (χ4v) is 2.59. The Bertz CT molecular complexity index is 752. The van der Waals surface area contributed by atoms with Gasteiger partial charge in [0, 0.05) is 0 Å². The van der Waals surface area contributed by atoms with Gasteiger partial charge in [0.1, 0.15) is 18.1 Å². The summed E-state index contributed by atoms with van der Waals surface area (Å²) >= 11 is 0.750. The highest BCUT2D eigenvalue weighted by Crippen LogP contribution is 2.28. The van der Waals surface area contributed by atoms with Gasteiger partial charge in [0.25, 0.3) is 5.82 Å². The van der Waals surface area contributed by atoms with Gasteiger partial charge in [-0.2, -0.15) is 13.2 Å². The van der Waals surface area contributed by atoms with E-state index >= 15 is 0 Å². The Morgan fingerprint density at radius 2 is 1.85 bits per heavy atom. The highest BCUT2D eigenvalue weighted by Gasteiger charge is 2.38. The van der Waals surface area contributed by atoms with Crippen molar-refractivity contribution in [3.8, 4) is 11.5 Å². The Labute approximate surface area is 157 Å². The van der Waals surface area contributed by atoms with Crippen molar-refractivity contribution in [3.05, 3.63) is 30.1 Å². The zero-order chi connectivity index (χ0) is 19.9. The predicted octanol–water partition coefficient (Wildman–Crippen LogP) is 1.70. The quantitative estimate of drug-likeness (QED) is 0.372. The van der Waals surface area contributed by atoms with Crippen molar-refractivity contribution in [1.82, 2.24) is 20.2 Å². The number of hydrogen-bond donors (Lipinski definition) is 2. The molecule has 0 atom stereocenters. The minimum atomic E-state index is -4.71. The van der Waals surface area contributed by atoms with Gasteiger partial charge in [0.2, 0.25) is 11.1 Å². The minimum absolute atomic E-state index is 0.157. The largest absolute Gasteiger partial charge is 0.494 e. The molecule has 8 nitrogen and oxygen atoms in total. The third kappa shape index (κ3) is 6.24. The van der Waals surface area contributed by atoms with Gasteiger partial charge in [0.05, 0.1) is 18.9 Å². The molecule has 0 bridgehead atoms. The molecule has 12 heteroatoms. The van der Waals surface area contributed by atoms with Gasteiger partial charge in [-0.15, -0.1) is 10.2 Å². The minimum Gasteiger partial charge on any atom is -0.494 e. The van der Waals surface area contributed by atoms with E-state index in [9.17, 15) is 18.0 Å². The zero-order valence-electron chi connectivity index (χ0n) is 14.3. The Kier molecular flexibility index (Phi) is 7.16. The van der Waals surface area contributed by atoms with Gasteiger partial charge in [0.15, 0.2) is 0 Å². The monoisotopic (exact) mass is 405 g/mol. The van der Waals surface area contributed by atoms with Crippen molar-refractivity contribution in [2.24, 2.45) is 0 Å². The van der Waals surface area contributed by atoms with E-state index in [0.717, 1.165) is 17.5 Å². The molecule has 27 heavy (non-hydrogen) atoms. The van der Waals surface area contributed by atoms with Crippen LogP contribution in [-0.2, 0) is 11.0 Å². The summed E-state index contributed by atoms with van der Waals surface area (Å²) in [6, 6.07) is 7.03. The van der Waals surface area contributed by atoms with E-state index in [0.29, 0.717) is 17.0 Å². The summed E-state index contributed by atoms with van der Waals surface area (Å²) in [7, 11) is 0. The third-order valence-electron chi connectivity index (χ3n) is 3.08. The number of carbonyl (C=O) groups excluding carboxylic acids is 1. The van der Waals surface area contributed by atoms with Crippen molar-refractivity contribution in [2.75, 3.05) is 31.4 Å². The fraction of sp³-hybridized carbons (Fsp3) is 0.400. The second kappa shape index (κ2) is 9.35. The number of aromatic nitrogens is 3. The lowest BCUT2D eigenvalue weighted by Crippen LogP contribution is -2.29. The lowest BCUT2D eigenvalue weighted by molar-refractivity contribution is -0.146. The molecule has 3 N–H and O–H groups in total. The summed E-state index contributed by atoms with van der Waals surface area (Å²) in [5, 5.41) is 8.68. The molecule has 0 spiro atoms. The number of nitrogens with one attached hydrogen (secondary N) is 1. The Morgan fingerprint density at radius 3 is 2.41 bits per heavy atom. The number of halogens is 3. The lowest BCUT2D eigenvalue weighted by atomic mass is 10.3. The predicted molar refractivity (Wildman–Crippen MR) is 92.0 cm³/mol. The van der Waals surface area contributed by atoms with E-state index in [1.165, 1.54) is 0 Å². The summed E-state index contributed by atoms with van der Waals surface area (Å²) < 4.78 is 48.8. The normalized spacial score (nSPS) is 11.3. The van der Waals surface area contributed by atoms with E-state index in [1.54, 1.807) is 24.3 Å². The molecule has 0 saturated carbocycles. The number of ether oxygens (including phenoxy) is 2. The van der Waals surface area contributed by atoms with E-state index < -0.39 is 17.9 Å². The maximum absolute atomic E-state index is 12.6. The highest BCUT2D eigenvalue weighted by molar-refractivity contribution is 7.99. The van der Waals surface area contributed by atoms with Crippen LogP contribution in [0.25, 0.3) is 0 Å². The van der Waals surface area contributed by atoms with Gasteiger partial charge in [-0.25, -0.2) is 4.68 Å². The fourth-order valence-electron chi connectivity index (χ4n) is 1.91. The Morgan fingerprint density at radius 1 is 1.22 bits per heavy atom. The van der Waals surface area contributed by atoms with Gasteiger partial charge in [-0.1, -0.05) is 11.8 Å². The molecule has 0 aliphatic rings. The van der Waals surface area contributed by atoms with Crippen molar-refractivity contribution in [3.63, 3.8) is 0 Å². The van der Waals surface area contributed by atoms with Gasteiger partial charge in [-0.3, -0.25) is 4.79 Å². The summed E-state index contributed by atoms with van der Waals surface area (Å²) in [5.41, 5.74) is 0. The molecule has 0 aliphatic heterocycles. The Hall–Kier alpha value is -2.63. The van der Waals surface area contributed by atoms with Crippen LogP contribution in [-0.4, -0.2) is 46.3 Å². The molecule has 2 rings (SSSR count). The van der Waals surface area contributed by atoms with Gasteiger partial charge < -0.3 is 20.6 Å². The molecule has 0 radical (unpaired) electrons. The molecule has 1 heterocycles. The van der Waals surface area contributed by atoms with Gasteiger partial charge >= 0.3 is 6.18 Å². The third-order valence-corrected chi connectivity index (χ3v) is 4.02. The molecule has 2 aromatic rings. The number of alkyl halides is 3. The average molecular weight is 405 g/mol. The van der Waals surface area contributed by atoms with Gasteiger partial charge in [-0.05, 0) is 31.2 Å². The summed E-state index contributed by atoms with van der Waals surface area (Å²) in [4.78, 5) is 11.7. The summed E-state index contributed by atoms with van der Waals surface area (Å²) in [6.45, 7) is 2.92. The SMILES string of the molecule is CCOc1ccc(OCCNC(=O)CSc2nnc(C(F)(F)F)n2N)cc1. The first-order chi connectivity index (χ1) is 12.8. The average Bonchev–Trinajstić information content (AvgIpc) is 2.99.